The van der Waals surface area contributed by atoms with Gasteiger partial charge in [0, 0.05) is 5.02 Å². The summed E-state index contributed by atoms with van der Waals surface area (Å²) in [7, 11) is 0. The lowest BCUT2D eigenvalue weighted by atomic mass is 9.70. The van der Waals surface area contributed by atoms with Crippen molar-refractivity contribution in [1.29, 1.82) is 0 Å². The predicted octanol–water partition coefficient (Wildman–Crippen LogP) is 4.63. The third-order valence-corrected chi connectivity index (χ3v) is 3.62. The van der Waals surface area contributed by atoms with E-state index in [0.717, 1.165) is 16.9 Å². The molecule has 0 N–H and O–H groups in total. The molecule has 1 aliphatic rings. The standard InChI is InChI=1S/C13H17Cl/c1-2-5-10-8-11(9-10)12-6-3-4-7-13(12)14/h3-4,6-7,10-11H,2,5,8-9H2,1H3/t10-,11+. The summed E-state index contributed by atoms with van der Waals surface area (Å²) in [5.74, 6) is 1.70. The largest absolute Gasteiger partial charge is 0.0840 e. The molecule has 0 amide bonds. The van der Waals surface area contributed by atoms with Crippen LogP contribution < -0.4 is 0 Å². The van der Waals surface area contributed by atoms with Gasteiger partial charge in [-0.3, -0.25) is 0 Å². The summed E-state index contributed by atoms with van der Waals surface area (Å²) < 4.78 is 0. The Hall–Kier alpha value is -0.490. The van der Waals surface area contributed by atoms with Crippen molar-refractivity contribution in [2.24, 2.45) is 5.92 Å². The smallest absolute Gasteiger partial charge is 0.0440 e. The summed E-state index contributed by atoms with van der Waals surface area (Å²) in [6, 6.07) is 8.28. The molecule has 14 heavy (non-hydrogen) atoms. The van der Waals surface area contributed by atoms with Crippen molar-refractivity contribution >= 4 is 11.6 Å². The van der Waals surface area contributed by atoms with Crippen LogP contribution in [-0.4, -0.2) is 0 Å². The Bertz CT molecular complexity index is 300. The van der Waals surface area contributed by atoms with Gasteiger partial charge in [-0.1, -0.05) is 49.6 Å². The highest BCUT2D eigenvalue weighted by molar-refractivity contribution is 6.31. The van der Waals surface area contributed by atoms with Crippen LogP contribution in [0.4, 0.5) is 0 Å². The maximum atomic E-state index is 6.16. The fourth-order valence-corrected chi connectivity index (χ4v) is 2.73. The lowest BCUT2D eigenvalue weighted by Gasteiger charge is -2.36. The lowest BCUT2D eigenvalue weighted by molar-refractivity contribution is 0.246. The number of benzene rings is 1. The Morgan fingerprint density at radius 1 is 1.29 bits per heavy atom. The zero-order valence-corrected chi connectivity index (χ0v) is 9.43. The number of rotatable bonds is 3. The summed E-state index contributed by atoms with van der Waals surface area (Å²) >= 11 is 6.16. The maximum absolute atomic E-state index is 6.16. The molecular formula is C13H17Cl. The van der Waals surface area contributed by atoms with Crippen LogP contribution in [0.5, 0.6) is 0 Å². The van der Waals surface area contributed by atoms with Crippen molar-refractivity contribution in [2.45, 2.75) is 38.5 Å². The van der Waals surface area contributed by atoms with Gasteiger partial charge in [0.1, 0.15) is 0 Å². The third-order valence-electron chi connectivity index (χ3n) is 3.28. The first-order valence-electron chi connectivity index (χ1n) is 5.55. The molecule has 1 heteroatoms. The van der Waals surface area contributed by atoms with Gasteiger partial charge in [0.25, 0.3) is 0 Å². The molecule has 1 aromatic carbocycles. The molecule has 0 heterocycles. The van der Waals surface area contributed by atoms with Crippen molar-refractivity contribution in [3.8, 4) is 0 Å². The zero-order chi connectivity index (χ0) is 9.97. The van der Waals surface area contributed by atoms with E-state index < -0.39 is 0 Å². The van der Waals surface area contributed by atoms with Gasteiger partial charge in [-0.05, 0) is 36.3 Å². The summed E-state index contributed by atoms with van der Waals surface area (Å²) in [4.78, 5) is 0. The molecule has 0 spiro atoms. The van der Waals surface area contributed by atoms with Gasteiger partial charge in [0.05, 0.1) is 0 Å². The first-order chi connectivity index (χ1) is 6.81. The lowest BCUT2D eigenvalue weighted by Crippen LogP contribution is -2.21. The summed E-state index contributed by atoms with van der Waals surface area (Å²) in [5.41, 5.74) is 1.36. The van der Waals surface area contributed by atoms with Gasteiger partial charge in [-0.15, -0.1) is 0 Å². The zero-order valence-electron chi connectivity index (χ0n) is 8.67. The van der Waals surface area contributed by atoms with E-state index in [1.165, 1.54) is 31.2 Å². The van der Waals surface area contributed by atoms with Crippen molar-refractivity contribution in [3.63, 3.8) is 0 Å². The molecule has 0 aliphatic heterocycles. The van der Waals surface area contributed by atoms with E-state index in [-0.39, 0.29) is 0 Å². The van der Waals surface area contributed by atoms with Crippen LogP contribution in [0.3, 0.4) is 0 Å². The molecule has 2 rings (SSSR count). The second-order valence-electron chi connectivity index (χ2n) is 4.34. The van der Waals surface area contributed by atoms with Crippen LogP contribution in [0.1, 0.15) is 44.1 Å². The molecule has 0 saturated heterocycles. The SMILES string of the molecule is CCC[C@H]1C[C@@H](c2ccccc2Cl)C1. The Balaban J connectivity index is 1.96. The van der Waals surface area contributed by atoms with Crippen molar-refractivity contribution in [2.75, 3.05) is 0 Å². The molecule has 1 fully saturated rings. The fourth-order valence-electron chi connectivity index (χ4n) is 2.44. The van der Waals surface area contributed by atoms with Crippen molar-refractivity contribution in [1.82, 2.24) is 0 Å². The maximum Gasteiger partial charge on any atom is 0.0440 e. The van der Waals surface area contributed by atoms with E-state index in [1.807, 2.05) is 12.1 Å². The highest BCUT2D eigenvalue weighted by atomic mass is 35.5. The number of hydrogen-bond donors (Lipinski definition) is 0. The van der Waals surface area contributed by atoms with E-state index in [9.17, 15) is 0 Å². The second kappa shape index (κ2) is 4.35. The Morgan fingerprint density at radius 3 is 2.64 bits per heavy atom. The van der Waals surface area contributed by atoms with Crippen LogP contribution in [0.15, 0.2) is 24.3 Å². The Morgan fingerprint density at radius 2 is 2.00 bits per heavy atom. The highest BCUT2D eigenvalue weighted by Gasteiger charge is 2.30. The summed E-state index contributed by atoms with van der Waals surface area (Å²) in [6.07, 6.45) is 5.40. The molecule has 76 valence electrons. The molecule has 1 saturated carbocycles. The normalized spacial score (nSPS) is 25.9. The van der Waals surface area contributed by atoms with Gasteiger partial charge < -0.3 is 0 Å². The summed E-state index contributed by atoms with van der Waals surface area (Å²) in [6.45, 7) is 2.27. The van der Waals surface area contributed by atoms with E-state index in [0.29, 0.717) is 0 Å². The van der Waals surface area contributed by atoms with Gasteiger partial charge in [-0.2, -0.15) is 0 Å². The van der Waals surface area contributed by atoms with E-state index in [4.69, 9.17) is 11.6 Å². The third kappa shape index (κ3) is 1.95. The second-order valence-corrected chi connectivity index (χ2v) is 4.75. The fraction of sp³-hybridized carbons (Fsp3) is 0.538. The number of hydrogen-bond acceptors (Lipinski definition) is 0. The average Bonchev–Trinajstić information content (AvgIpc) is 2.12. The predicted molar refractivity (Wildman–Crippen MR) is 61.8 cm³/mol. The Labute approximate surface area is 91.3 Å². The van der Waals surface area contributed by atoms with E-state index in [2.05, 4.69) is 19.1 Å². The molecule has 1 aromatic rings. The van der Waals surface area contributed by atoms with Crippen molar-refractivity contribution < 1.29 is 0 Å². The van der Waals surface area contributed by atoms with Crippen LogP contribution in [0.2, 0.25) is 5.02 Å². The molecule has 0 unspecified atom stereocenters. The van der Waals surface area contributed by atoms with Gasteiger partial charge in [0.2, 0.25) is 0 Å². The first kappa shape index (κ1) is 10.0. The van der Waals surface area contributed by atoms with Gasteiger partial charge >= 0.3 is 0 Å². The number of halogens is 1. The minimum Gasteiger partial charge on any atom is -0.0840 e. The van der Waals surface area contributed by atoms with Crippen LogP contribution >= 0.6 is 11.6 Å². The Kier molecular flexibility index (Phi) is 3.12. The molecule has 0 nitrogen and oxygen atoms in total. The van der Waals surface area contributed by atoms with Crippen LogP contribution in [-0.2, 0) is 0 Å². The van der Waals surface area contributed by atoms with Crippen molar-refractivity contribution in [3.05, 3.63) is 34.9 Å². The minimum absolute atomic E-state index is 0.736. The molecule has 1 aliphatic carbocycles. The monoisotopic (exact) mass is 208 g/mol. The topological polar surface area (TPSA) is 0 Å². The summed E-state index contributed by atoms with van der Waals surface area (Å²) in [5, 5.41) is 0.951. The molecular weight excluding hydrogens is 192 g/mol. The van der Waals surface area contributed by atoms with Crippen LogP contribution in [0, 0.1) is 5.92 Å². The van der Waals surface area contributed by atoms with Gasteiger partial charge in [0.15, 0.2) is 0 Å². The first-order valence-corrected chi connectivity index (χ1v) is 5.93. The van der Waals surface area contributed by atoms with E-state index >= 15 is 0 Å². The molecule has 0 atom stereocenters. The quantitative estimate of drug-likeness (QED) is 0.679. The van der Waals surface area contributed by atoms with E-state index in [1.54, 1.807) is 0 Å². The molecule has 0 bridgehead atoms. The van der Waals surface area contributed by atoms with Gasteiger partial charge in [-0.25, -0.2) is 0 Å². The molecule has 0 aromatic heterocycles. The van der Waals surface area contributed by atoms with Crippen LogP contribution in [0.25, 0.3) is 0 Å². The highest BCUT2D eigenvalue weighted by Crippen LogP contribution is 2.45. The average molecular weight is 209 g/mol. The molecule has 0 radical (unpaired) electrons. The minimum atomic E-state index is 0.736.